The summed E-state index contributed by atoms with van der Waals surface area (Å²) < 4.78 is 121. The quantitative estimate of drug-likeness (QED) is 0.284. The van der Waals surface area contributed by atoms with E-state index in [1.165, 1.54) is 50.7 Å². The van der Waals surface area contributed by atoms with E-state index >= 15 is 8.78 Å². The van der Waals surface area contributed by atoms with Crippen LogP contribution in [0, 0.1) is 17.8 Å². The largest absolute Gasteiger partial charge is 0.496 e. The fourth-order valence-corrected chi connectivity index (χ4v) is 6.81. The van der Waals surface area contributed by atoms with Crippen molar-refractivity contribution in [1.82, 2.24) is 0 Å². The van der Waals surface area contributed by atoms with Crippen LogP contribution in [0.25, 0.3) is 0 Å². The lowest BCUT2D eigenvalue weighted by atomic mass is 9.68. The maximum Gasteiger partial charge on any atom is 0.426 e. The Hall–Kier alpha value is -2.52. The molecule has 0 bridgehead atoms. The van der Waals surface area contributed by atoms with Crippen LogP contribution in [0.2, 0.25) is 0 Å². The first-order valence-electron chi connectivity index (χ1n) is 14.3. The molecule has 0 N–H and O–H groups in total. The van der Waals surface area contributed by atoms with E-state index in [4.69, 9.17) is 0 Å². The summed E-state index contributed by atoms with van der Waals surface area (Å²) in [4.78, 5) is 0. The van der Waals surface area contributed by atoms with Gasteiger partial charge in [0.15, 0.2) is 0 Å². The van der Waals surface area contributed by atoms with Crippen LogP contribution >= 0.6 is 0 Å². The summed E-state index contributed by atoms with van der Waals surface area (Å²) in [5.74, 6) is -0.311. The van der Waals surface area contributed by atoms with Crippen molar-refractivity contribution in [3.05, 3.63) is 58.7 Å². The van der Waals surface area contributed by atoms with Crippen molar-refractivity contribution >= 4 is 0 Å². The van der Waals surface area contributed by atoms with Gasteiger partial charge in [-0.3, -0.25) is 0 Å². The van der Waals surface area contributed by atoms with Gasteiger partial charge in [0.05, 0.1) is 12.7 Å². The molecule has 0 aliphatic heterocycles. The van der Waals surface area contributed by atoms with Crippen LogP contribution in [-0.4, -0.2) is 7.11 Å². The number of hydrogen-bond acceptors (Lipinski definition) is 2. The second kappa shape index (κ2) is 12.4. The number of ether oxygens (including phenoxy) is 2. The molecule has 41 heavy (non-hydrogen) atoms. The zero-order chi connectivity index (χ0) is 30.0. The van der Waals surface area contributed by atoms with E-state index in [1.54, 1.807) is 0 Å². The third-order valence-corrected chi connectivity index (χ3v) is 8.90. The molecule has 2 saturated carbocycles. The van der Waals surface area contributed by atoms with Gasteiger partial charge in [-0.1, -0.05) is 44.7 Å². The number of halogens is 8. The summed E-state index contributed by atoms with van der Waals surface area (Å²) in [5.41, 5.74) is -4.48. The van der Waals surface area contributed by atoms with Crippen molar-refractivity contribution in [2.45, 2.75) is 95.5 Å². The molecule has 10 heteroatoms. The zero-order valence-electron chi connectivity index (χ0n) is 23.2. The standard InChI is InChI=1S/C31H36F8O2/c1-3-4-19-5-7-20(8-6-19)21-9-11-22(12-10-21)23-13-15-24(16-14-23)31(38,39)41-26-18-17-25(40-2)27(29(32,33)34)28(26)30(35,36)37/h13-22H,3-12H2,1-2H3. The molecule has 2 aromatic rings. The SMILES string of the molecule is CCCC1CCC(C2CCC(c3ccc(C(F)(F)Oc4ccc(OC)c(C(F)(F)F)c4C(F)(F)F)cc3)CC2)CC1. The summed E-state index contributed by atoms with van der Waals surface area (Å²) >= 11 is 0. The van der Waals surface area contributed by atoms with Crippen molar-refractivity contribution in [3.8, 4) is 11.5 Å². The highest BCUT2D eigenvalue weighted by Crippen LogP contribution is 2.51. The lowest BCUT2D eigenvalue weighted by molar-refractivity contribution is -0.194. The van der Waals surface area contributed by atoms with Gasteiger partial charge in [0.2, 0.25) is 0 Å². The molecule has 0 spiro atoms. The molecule has 0 heterocycles. The summed E-state index contributed by atoms with van der Waals surface area (Å²) in [7, 11) is 0.756. The number of rotatable bonds is 8. The highest BCUT2D eigenvalue weighted by molar-refractivity contribution is 5.52. The minimum atomic E-state index is -5.64. The van der Waals surface area contributed by atoms with Gasteiger partial charge in [-0.05, 0) is 92.0 Å². The van der Waals surface area contributed by atoms with Crippen molar-refractivity contribution in [1.29, 1.82) is 0 Å². The summed E-state index contributed by atoms with van der Waals surface area (Å²) in [5, 5.41) is 0. The first kappa shape index (κ1) is 31.4. The molecule has 2 nitrogen and oxygen atoms in total. The molecule has 0 amide bonds. The Balaban J connectivity index is 1.45. The van der Waals surface area contributed by atoms with E-state index in [1.807, 2.05) is 0 Å². The molecule has 228 valence electrons. The van der Waals surface area contributed by atoms with Gasteiger partial charge in [0.1, 0.15) is 22.6 Å². The van der Waals surface area contributed by atoms with E-state index in [2.05, 4.69) is 16.4 Å². The van der Waals surface area contributed by atoms with Crippen molar-refractivity contribution < 1.29 is 44.6 Å². The van der Waals surface area contributed by atoms with Crippen LogP contribution in [-0.2, 0) is 18.5 Å². The first-order chi connectivity index (χ1) is 19.2. The minimum absolute atomic E-state index is 0.194. The number of benzene rings is 2. The van der Waals surface area contributed by atoms with Crippen molar-refractivity contribution in [2.24, 2.45) is 17.8 Å². The molecule has 2 fully saturated rings. The Bertz CT molecular complexity index is 1140. The molecular formula is C31H36F8O2. The fraction of sp³-hybridized carbons (Fsp3) is 0.613. The van der Waals surface area contributed by atoms with E-state index in [9.17, 15) is 26.3 Å². The van der Waals surface area contributed by atoms with Gasteiger partial charge >= 0.3 is 18.5 Å². The van der Waals surface area contributed by atoms with Crippen molar-refractivity contribution in [2.75, 3.05) is 7.11 Å². The Morgan fingerprint density at radius 2 is 1.15 bits per heavy atom. The average molecular weight is 593 g/mol. The third kappa shape index (κ3) is 7.28. The molecule has 2 aliphatic rings. The van der Waals surface area contributed by atoms with Gasteiger partial charge in [-0.15, -0.1) is 0 Å². The molecule has 2 aliphatic carbocycles. The van der Waals surface area contributed by atoms with E-state index < -0.39 is 46.7 Å². The van der Waals surface area contributed by atoms with E-state index in [0.29, 0.717) is 18.1 Å². The lowest BCUT2D eigenvalue weighted by Crippen LogP contribution is -2.26. The second-order valence-corrected chi connectivity index (χ2v) is 11.4. The molecular weight excluding hydrogens is 556 g/mol. The summed E-state index contributed by atoms with van der Waals surface area (Å²) in [6.45, 7) is 2.23. The van der Waals surface area contributed by atoms with Gasteiger partial charge in [0, 0.05) is 0 Å². The van der Waals surface area contributed by atoms with Crippen LogP contribution < -0.4 is 9.47 Å². The predicted octanol–water partition coefficient (Wildman–Crippen LogP) is 10.7. The van der Waals surface area contributed by atoms with E-state index in [0.717, 1.165) is 62.3 Å². The molecule has 0 atom stereocenters. The predicted molar refractivity (Wildman–Crippen MR) is 139 cm³/mol. The summed E-state index contributed by atoms with van der Waals surface area (Å²) in [6.07, 6.45) is -3.77. The van der Waals surface area contributed by atoms with Gasteiger partial charge in [0.25, 0.3) is 0 Å². The monoisotopic (exact) mass is 592 g/mol. The van der Waals surface area contributed by atoms with Gasteiger partial charge in [-0.2, -0.15) is 35.1 Å². The average Bonchev–Trinajstić information content (AvgIpc) is 2.92. The highest BCUT2D eigenvalue weighted by atomic mass is 19.4. The van der Waals surface area contributed by atoms with Gasteiger partial charge in [-0.25, -0.2) is 0 Å². The molecule has 2 aromatic carbocycles. The Morgan fingerprint density at radius 3 is 1.63 bits per heavy atom. The van der Waals surface area contributed by atoms with Crippen LogP contribution in [0.5, 0.6) is 11.5 Å². The minimum Gasteiger partial charge on any atom is -0.496 e. The number of methoxy groups -OCH3 is 1. The van der Waals surface area contributed by atoms with Gasteiger partial charge < -0.3 is 9.47 Å². The van der Waals surface area contributed by atoms with E-state index in [-0.39, 0.29) is 5.92 Å². The molecule has 4 rings (SSSR count). The maximum absolute atomic E-state index is 15.0. The molecule has 0 radical (unpaired) electrons. The number of alkyl halides is 8. The lowest BCUT2D eigenvalue weighted by Gasteiger charge is -2.38. The molecule has 0 unspecified atom stereocenters. The Labute approximate surface area is 235 Å². The Kier molecular flexibility index (Phi) is 9.48. The molecule has 0 aromatic heterocycles. The normalized spacial score (nSPS) is 24.2. The van der Waals surface area contributed by atoms with Crippen LogP contribution in [0.4, 0.5) is 35.1 Å². The highest BCUT2D eigenvalue weighted by Gasteiger charge is 2.50. The maximum atomic E-state index is 15.0. The summed E-state index contributed by atoms with van der Waals surface area (Å²) in [6, 6.07) is 6.09. The second-order valence-electron chi connectivity index (χ2n) is 11.4. The fourth-order valence-electron chi connectivity index (χ4n) is 6.81. The zero-order valence-corrected chi connectivity index (χ0v) is 23.2. The molecule has 0 saturated heterocycles. The van der Waals surface area contributed by atoms with Crippen LogP contribution in [0.1, 0.15) is 99.3 Å². The number of hydrogen-bond donors (Lipinski definition) is 0. The topological polar surface area (TPSA) is 18.5 Å². The third-order valence-electron chi connectivity index (χ3n) is 8.90. The van der Waals surface area contributed by atoms with Crippen LogP contribution in [0.15, 0.2) is 36.4 Å². The van der Waals surface area contributed by atoms with Crippen molar-refractivity contribution in [3.63, 3.8) is 0 Å². The smallest absolute Gasteiger partial charge is 0.426 e. The Morgan fingerprint density at radius 1 is 0.659 bits per heavy atom. The first-order valence-corrected chi connectivity index (χ1v) is 14.3. The van der Waals surface area contributed by atoms with Crippen LogP contribution in [0.3, 0.4) is 0 Å².